The fourth-order valence-electron chi connectivity index (χ4n) is 2.20. The monoisotopic (exact) mass is 248 g/mol. The number of hydrogen-bond acceptors (Lipinski definition) is 3. The van der Waals surface area contributed by atoms with Crippen LogP contribution in [0.1, 0.15) is 23.7 Å². The number of hydrogen-bond donors (Lipinski definition) is 1. The number of anilines is 1. The number of carbonyl (C=O) groups excluding carboxylic acids is 1. The molecule has 1 heterocycles. The van der Waals surface area contributed by atoms with Gasteiger partial charge in [-0.05, 0) is 25.5 Å². The smallest absolute Gasteiger partial charge is 0.256 e. The van der Waals surface area contributed by atoms with E-state index in [2.05, 4.69) is 5.32 Å². The molecule has 1 fully saturated rings. The maximum absolute atomic E-state index is 12.5. The van der Waals surface area contributed by atoms with Crippen LogP contribution in [0.5, 0.6) is 0 Å². The zero-order valence-electron chi connectivity index (χ0n) is 11.0. The number of ether oxygens (including phenoxy) is 1. The number of nitrogens with zero attached hydrogens (tertiary/aromatic N) is 1. The van der Waals surface area contributed by atoms with Crippen LogP contribution in [0.4, 0.5) is 5.69 Å². The molecule has 0 saturated carbocycles. The van der Waals surface area contributed by atoms with Gasteiger partial charge in [-0.15, -0.1) is 0 Å². The largest absolute Gasteiger partial charge is 0.385 e. The molecule has 4 nitrogen and oxygen atoms in total. The van der Waals surface area contributed by atoms with Crippen molar-refractivity contribution in [1.82, 2.24) is 4.90 Å². The van der Waals surface area contributed by atoms with Gasteiger partial charge in [0.05, 0.1) is 18.2 Å². The number of likely N-dealkylation sites (N-methyl/N-ethyl adjacent to an activating group) is 1. The van der Waals surface area contributed by atoms with Gasteiger partial charge in [0.1, 0.15) is 0 Å². The molecule has 2 rings (SSSR count). The molecule has 0 aromatic heterocycles. The lowest BCUT2D eigenvalue weighted by molar-refractivity contribution is 0.0712. The van der Waals surface area contributed by atoms with Crippen molar-refractivity contribution in [3.8, 4) is 0 Å². The van der Waals surface area contributed by atoms with Crippen LogP contribution in [0.25, 0.3) is 0 Å². The predicted molar refractivity (Wildman–Crippen MR) is 71.9 cm³/mol. The van der Waals surface area contributed by atoms with E-state index >= 15 is 0 Å². The third-order valence-corrected chi connectivity index (χ3v) is 3.30. The van der Waals surface area contributed by atoms with Gasteiger partial charge in [0, 0.05) is 25.9 Å². The second-order valence-corrected chi connectivity index (χ2v) is 4.51. The van der Waals surface area contributed by atoms with Crippen molar-refractivity contribution in [2.24, 2.45) is 0 Å². The summed E-state index contributed by atoms with van der Waals surface area (Å²) in [5, 5.41) is 3.22. The van der Waals surface area contributed by atoms with Crippen molar-refractivity contribution in [3.63, 3.8) is 0 Å². The average Bonchev–Trinajstić information content (AvgIpc) is 2.92. The zero-order chi connectivity index (χ0) is 13.0. The summed E-state index contributed by atoms with van der Waals surface area (Å²) in [4.78, 5) is 14.3. The first kappa shape index (κ1) is 12.9. The molecular weight excluding hydrogens is 228 g/mol. The van der Waals surface area contributed by atoms with Gasteiger partial charge in [0.15, 0.2) is 0 Å². The van der Waals surface area contributed by atoms with E-state index in [0.29, 0.717) is 6.61 Å². The SMILES string of the molecule is CCNc1ccccc1C(=O)N(C)C1CCOC1. The molecule has 0 aliphatic carbocycles. The highest BCUT2D eigenvalue weighted by atomic mass is 16.5. The molecule has 0 bridgehead atoms. The molecule has 1 aromatic carbocycles. The Morgan fingerprint density at radius 1 is 1.50 bits per heavy atom. The molecule has 1 N–H and O–H groups in total. The summed E-state index contributed by atoms with van der Waals surface area (Å²) in [7, 11) is 1.85. The highest BCUT2D eigenvalue weighted by molar-refractivity contribution is 5.99. The van der Waals surface area contributed by atoms with Crippen LogP contribution in [0.2, 0.25) is 0 Å². The Balaban J connectivity index is 2.16. The summed E-state index contributed by atoms with van der Waals surface area (Å²) in [6.45, 7) is 4.22. The van der Waals surface area contributed by atoms with E-state index in [-0.39, 0.29) is 11.9 Å². The molecule has 0 spiro atoms. The molecule has 1 unspecified atom stereocenters. The topological polar surface area (TPSA) is 41.6 Å². The summed E-state index contributed by atoms with van der Waals surface area (Å²) in [5.74, 6) is 0.0575. The summed E-state index contributed by atoms with van der Waals surface area (Å²) < 4.78 is 5.33. The van der Waals surface area contributed by atoms with Gasteiger partial charge < -0.3 is 15.0 Å². The van der Waals surface area contributed by atoms with Crippen LogP contribution in [0.15, 0.2) is 24.3 Å². The standard InChI is InChI=1S/C14H20N2O2/c1-3-15-13-7-5-4-6-12(13)14(17)16(2)11-8-9-18-10-11/h4-7,11,15H,3,8-10H2,1-2H3. The van der Waals surface area contributed by atoms with E-state index in [0.717, 1.165) is 30.8 Å². The molecule has 1 saturated heterocycles. The van der Waals surface area contributed by atoms with Crippen molar-refractivity contribution >= 4 is 11.6 Å². The summed E-state index contributed by atoms with van der Waals surface area (Å²) in [5.41, 5.74) is 1.63. The number of rotatable bonds is 4. The molecule has 1 amide bonds. The molecule has 4 heteroatoms. The third-order valence-electron chi connectivity index (χ3n) is 3.30. The Kier molecular flexibility index (Phi) is 4.20. The fourth-order valence-corrected chi connectivity index (χ4v) is 2.20. The van der Waals surface area contributed by atoms with E-state index in [9.17, 15) is 4.79 Å². The van der Waals surface area contributed by atoms with Crippen molar-refractivity contribution < 1.29 is 9.53 Å². The molecule has 1 aromatic rings. The second kappa shape index (κ2) is 5.87. The minimum atomic E-state index is 0.0575. The number of carbonyl (C=O) groups is 1. The molecule has 18 heavy (non-hydrogen) atoms. The first-order chi connectivity index (χ1) is 8.74. The number of benzene rings is 1. The van der Waals surface area contributed by atoms with Crippen molar-refractivity contribution in [2.45, 2.75) is 19.4 Å². The number of para-hydroxylation sites is 1. The van der Waals surface area contributed by atoms with E-state index in [1.807, 2.05) is 38.2 Å². The Labute approximate surface area is 108 Å². The van der Waals surface area contributed by atoms with Crippen molar-refractivity contribution in [3.05, 3.63) is 29.8 Å². The summed E-state index contributed by atoms with van der Waals surface area (Å²) >= 11 is 0. The molecular formula is C14H20N2O2. The maximum Gasteiger partial charge on any atom is 0.256 e. The Morgan fingerprint density at radius 3 is 2.94 bits per heavy atom. The maximum atomic E-state index is 12.5. The van der Waals surface area contributed by atoms with E-state index in [4.69, 9.17) is 4.74 Å². The van der Waals surface area contributed by atoms with E-state index in [1.165, 1.54) is 0 Å². The summed E-state index contributed by atoms with van der Waals surface area (Å²) in [6, 6.07) is 7.84. The van der Waals surface area contributed by atoms with Crippen LogP contribution in [0.3, 0.4) is 0 Å². The van der Waals surface area contributed by atoms with Gasteiger partial charge in [-0.1, -0.05) is 12.1 Å². The zero-order valence-corrected chi connectivity index (χ0v) is 11.0. The lowest BCUT2D eigenvalue weighted by Gasteiger charge is -2.24. The van der Waals surface area contributed by atoms with Crippen LogP contribution in [-0.4, -0.2) is 43.7 Å². The number of amides is 1. The normalized spacial score (nSPS) is 18.7. The van der Waals surface area contributed by atoms with Crippen LogP contribution < -0.4 is 5.32 Å². The predicted octanol–water partition coefficient (Wildman–Crippen LogP) is 1.98. The van der Waals surface area contributed by atoms with Crippen molar-refractivity contribution in [2.75, 3.05) is 32.1 Å². The Morgan fingerprint density at radius 2 is 2.28 bits per heavy atom. The molecule has 1 aliphatic heterocycles. The molecule has 1 aliphatic rings. The van der Waals surface area contributed by atoms with Gasteiger partial charge in [-0.25, -0.2) is 0 Å². The van der Waals surface area contributed by atoms with Crippen LogP contribution >= 0.6 is 0 Å². The van der Waals surface area contributed by atoms with Crippen LogP contribution in [0, 0.1) is 0 Å². The van der Waals surface area contributed by atoms with E-state index in [1.54, 1.807) is 4.90 Å². The first-order valence-electron chi connectivity index (χ1n) is 6.42. The first-order valence-corrected chi connectivity index (χ1v) is 6.42. The Bertz CT molecular complexity index is 414. The minimum Gasteiger partial charge on any atom is -0.385 e. The second-order valence-electron chi connectivity index (χ2n) is 4.51. The summed E-state index contributed by atoms with van der Waals surface area (Å²) in [6.07, 6.45) is 0.922. The Hall–Kier alpha value is -1.55. The van der Waals surface area contributed by atoms with Gasteiger partial charge in [-0.3, -0.25) is 4.79 Å². The van der Waals surface area contributed by atoms with Gasteiger partial charge in [0.2, 0.25) is 0 Å². The molecule has 98 valence electrons. The van der Waals surface area contributed by atoms with Gasteiger partial charge in [0.25, 0.3) is 5.91 Å². The van der Waals surface area contributed by atoms with Gasteiger partial charge in [-0.2, -0.15) is 0 Å². The molecule has 0 radical (unpaired) electrons. The highest BCUT2D eigenvalue weighted by Crippen LogP contribution is 2.19. The molecule has 1 atom stereocenters. The van der Waals surface area contributed by atoms with Crippen LogP contribution in [-0.2, 0) is 4.74 Å². The number of nitrogens with one attached hydrogen (secondary N) is 1. The quantitative estimate of drug-likeness (QED) is 0.886. The highest BCUT2D eigenvalue weighted by Gasteiger charge is 2.25. The third kappa shape index (κ3) is 2.64. The lowest BCUT2D eigenvalue weighted by atomic mass is 10.1. The lowest BCUT2D eigenvalue weighted by Crippen LogP contribution is -2.37. The van der Waals surface area contributed by atoms with Gasteiger partial charge >= 0.3 is 0 Å². The van der Waals surface area contributed by atoms with E-state index < -0.39 is 0 Å². The average molecular weight is 248 g/mol. The fraction of sp³-hybridized carbons (Fsp3) is 0.500. The van der Waals surface area contributed by atoms with Crippen molar-refractivity contribution in [1.29, 1.82) is 0 Å². The minimum absolute atomic E-state index is 0.0575.